The number of carboxylic acid groups (broad SMARTS) is 1. The zero-order chi connectivity index (χ0) is 13.6. The first-order valence-corrected chi connectivity index (χ1v) is 5.98. The van der Waals surface area contributed by atoms with Crippen LogP contribution in [0.2, 0.25) is 0 Å². The number of aliphatic carboxylic acids is 1. The molecule has 0 radical (unpaired) electrons. The Kier molecular flexibility index (Phi) is 5.25. The molecule has 0 saturated carbocycles. The van der Waals surface area contributed by atoms with Crippen molar-refractivity contribution in [2.24, 2.45) is 0 Å². The summed E-state index contributed by atoms with van der Waals surface area (Å²) in [5.41, 5.74) is 1.13. The topological polar surface area (TPSA) is 74.2 Å². The van der Waals surface area contributed by atoms with Crippen LogP contribution in [0.4, 0.5) is 0 Å². The smallest absolute Gasteiger partial charge is 0.322 e. The zero-order valence-electron chi connectivity index (χ0n) is 11.1. The molecule has 0 bridgehead atoms. The fourth-order valence-electron chi connectivity index (χ4n) is 1.75. The number of nitrogens with zero attached hydrogens (tertiary/aromatic N) is 1. The fourth-order valence-corrected chi connectivity index (χ4v) is 1.75. The van der Waals surface area contributed by atoms with Gasteiger partial charge in [-0.3, -0.25) is 9.78 Å². The monoisotopic (exact) mass is 251 g/mol. The number of likely N-dealkylation sites (N-methyl/N-ethyl adjacent to an activating group) is 1. The third-order valence-corrected chi connectivity index (χ3v) is 3.02. The van der Waals surface area contributed by atoms with Crippen molar-refractivity contribution in [1.82, 2.24) is 15.6 Å². The average molecular weight is 251 g/mol. The third-order valence-electron chi connectivity index (χ3n) is 3.02. The molecule has 100 valence electrons. The minimum Gasteiger partial charge on any atom is -0.480 e. The molecule has 0 aliphatic rings. The van der Waals surface area contributed by atoms with Gasteiger partial charge in [-0.1, -0.05) is 13.8 Å². The summed E-state index contributed by atoms with van der Waals surface area (Å²) >= 11 is 0. The Morgan fingerprint density at radius 1 is 1.44 bits per heavy atom. The van der Waals surface area contributed by atoms with Gasteiger partial charge in [0.05, 0.1) is 0 Å². The summed E-state index contributed by atoms with van der Waals surface area (Å²) in [5, 5.41) is 14.9. The summed E-state index contributed by atoms with van der Waals surface area (Å²) < 4.78 is 0. The second-order valence-corrected chi connectivity index (χ2v) is 4.93. The highest BCUT2D eigenvalue weighted by Gasteiger charge is 2.21. The van der Waals surface area contributed by atoms with E-state index in [9.17, 15) is 4.79 Å². The Morgan fingerprint density at radius 2 is 2.06 bits per heavy atom. The van der Waals surface area contributed by atoms with Gasteiger partial charge in [0.2, 0.25) is 0 Å². The van der Waals surface area contributed by atoms with Gasteiger partial charge < -0.3 is 15.7 Å². The zero-order valence-corrected chi connectivity index (χ0v) is 11.1. The Hall–Kier alpha value is -1.46. The van der Waals surface area contributed by atoms with E-state index in [1.807, 2.05) is 12.1 Å². The average Bonchev–Trinajstić information content (AvgIpc) is 2.35. The molecule has 0 amide bonds. The van der Waals surface area contributed by atoms with Crippen molar-refractivity contribution in [3.05, 3.63) is 30.1 Å². The van der Waals surface area contributed by atoms with E-state index in [0.717, 1.165) is 0 Å². The molecule has 0 aliphatic heterocycles. The maximum atomic E-state index is 10.8. The van der Waals surface area contributed by atoms with Gasteiger partial charge >= 0.3 is 5.97 Å². The maximum Gasteiger partial charge on any atom is 0.322 e. The molecule has 0 spiro atoms. The van der Waals surface area contributed by atoms with Gasteiger partial charge in [-0.2, -0.15) is 0 Å². The fraction of sp³-hybridized carbons (Fsp3) is 0.538. The first kappa shape index (κ1) is 14.6. The summed E-state index contributed by atoms with van der Waals surface area (Å²) in [4.78, 5) is 14.8. The lowest BCUT2D eigenvalue weighted by molar-refractivity contribution is -0.139. The molecule has 0 fully saturated rings. The molecule has 18 heavy (non-hydrogen) atoms. The third kappa shape index (κ3) is 4.09. The van der Waals surface area contributed by atoms with E-state index < -0.39 is 12.0 Å². The van der Waals surface area contributed by atoms with Gasteiger partial charge in [-0.05, 0) is 24.7 Å². The highest BCUT2D eigenvalue weighted by Crippen LogP contribution is 2.20. The number of nitrogens with one attached hydrogen (secondary N) is 2. The lowest BCUT2D eigenvalue weighted by Gasteiger charge is -2.26. The molecule has 0 aromatic carbocycles. The van der Waals surface area contributed by atoms with Crippen LogP contribution < -0.4 is 10.6 Å². The lowest BCUT2D eigenvalue weighted by atomic mass is 9.85. The number of carbonyl (C=O) groups is 1. The Morgan fingerprint density at radius 3 is 2.56 bits per heavy atom. The quantitative estimate of drug-likeness (QED) is 0.662. The summed E-state index contributed by atoms with van der Waals surface area (Å²) in [6.07, 6.45) is 3.54. The van der Waals surface area contributed by atoms with Gasteiger partial charge in [0.15, 0.2) is 0 Å². The maximum absolute atomic E-state index is 10.8. The van der Waals surface area contributed by atoms with Gasteiger partial charge in [0.1, 0.15) is 6.04 Å². The predicted molar refractivity (Wildman–Crippen MR) is 70.6 cm³/mol. The molecule has 1 unspecified atom stereocenters. The van der Waals surface area contributed by atoms with Crippen molar-refractivity contribution >= 4 is 5.97 Å². The molecule has 0 aliphatic carbocycles. The van der Waals surface area contributed by atoms with Gasteiger partial charge in [0, 0.05) is 30.9 Å². The summed E-state index contributed by atoms with van der Waals surface area (Å²) in [6.45, 7) is 5.35. The predicted octanol–water partition coefficient (Wildman–Crippen LogP) is 0.621. The highest BCUT2D eigenvalue weighted by atomic mass is 16.4. The van der Waals surface area contributed by atoms with Crippen molar-refractivity contribution < 1.29 is 9.90 Å². The number of hydrogen-bond acceptors (Lipinski definition) is 4. The summed E-state index contributed by atoms with van der Waals surface area (Å²) in [5.74, 6) is -0.841. The van der Waals surface area contributed by atoms with Gasteiger partial charge in [0.25, 0.3) is 0 Å². The second-order valence-electron chi connectivity index (χ2n) is 4.93. The van der Waals surface area contributed by atoms with Crippen LogP contribution >= 0.6 is 0 Å². The van der Waals surface area contributed by atoms with E-state index in [-0.39, 0.29) is 5.41 Å². The van der Waals surface area contributed by atoms with Crippen molar-refractivity contribution in [3.8, 4) is 0 Å². The number of hydrogen-bond donors (Lipinski definition) is 3. The molecule has 5 nitrogen and oxygen atoms in total. The second kappa shape index (κ2) is 6.47. The molecule has 0 saturated heterocycles. The molecule has 1 heterocycles. The van der Waals surface area contributed by atoms with E-state index in [4.69, 9.17) is 5.11 Å². The van der Waals surface area contributed by atoms with Crippen LogP contribution in [0.1, 0.15) is 19.4 Å². The van der Waals surface area contributed by atoms with Crippen molar-refractivity contribution in [2.75, 3.05) is 20.1 Å². The van der Waals surface area contributed by atoms with Crippen molar-refractivity contribution in [1.29, 1.82) is 0 Å². The number of aromatic nitrogens is 1. The van der Waals surface area contributed by atoms with Crippen LogP contribution in [0.3, 0.4) is 0 Å². The van der Waals surface area contributed by atoms with Gasteiger partial charge in [-0.25, -0.2) is 0 Å². The van der Waals surface area contributed by atoms with Crippen LogP contribution in [0.5, 0.6) is 0 Å². The molecule has 1 aromatic rings. The molecule has 5 heteroatoms. The SMILES string of the molecule is CNC(CNCC(C)(C)c1ccncc1)C(=O)O. The summed E-state index contributed by atoms with van der Waals surface area (Å²) in [6, 6.07) is 3.40. The Balaban J connectivity index is 2.50. The van der Waals surface area contributed by atoms with Crippen molar-refractivity contribution in [2.45, 2.75) is 25.3 Å². The first-order valence-electron chi connectivity index (χ1n) is 5.98. The van der Waals surface area contributed by atoms with E-state index >= 15 is 0 Å². The van der Waals surface area contributed by atoms with E-state index in [1.165, 1.54) is 5.56 Å². The minimum atomic E-state index is -0.841. The van der Waals surface area contributed by atoms with Crippen LogP contribution in [0.25, 0.3) is 0 Å². The van der Waals surface area contributed by atoms with Crippen LogP contribution in [0.15, 0.2) is 24.5 Å². The molecular weight excluding hydrogens is 230 g/mol. The van der Waals surface area contributed by atoms with Gasteiger partial charge in [-0.15, -0.1) is 0 Å². The molecule has 1 aromatic heterocycles. The lowest BCUT2D eigenvalue weighted by Crippen LogP contribution is -2.45. The minimum absolute atomic E-state index is 0.0558. The highest BCUT2D eigenvalue weighted by molar-refractivity contribution is 5.73. The first-order chi connectivity index (χ1) is 8.47. The van der Waals surface area contributed by atoms with Crippen LogP contribution in [0, 0.1) is 0 Å². The Labute approximate surface area is 108 Å². The standard InChI is InChI=1S/C13H21N3O2/c1-13(2,10-4-6-15-7-5-10)9-16-8-11(14-3)12(17)18/h4-7,11,14,16H,8-9H2,1-3H3,(H,17,18). The number of rotatable bonds is 7. The largest absolute Gasteiger partial charge is 0.480 e. The molecule has 1 atom stereocenters. The molecule has 1 rings (SSSR count). The molecular formula is C13H21N3O2. The van der Waals surface area contributed by atoms with Crippen LogP contribution in [-0.2, 0) is 10.2 Å². The van der Waals surface area contributed by atoms with Crippen molar-refractivity contribution in [3.63, 3.8) is 0 Å². The number of carboxylic acids is 1. The van der Waals surface area contributed by atoms with E-state index in [2.05, 4.69) is 29.5 Å². The van der Waals surface area contributed by atoms with E-state index in [1.54, 1.807) is 19.4 Å². The molecule has 3 N–H and O–H groups in total. The summed E-state index contributed by atoms with van der Waals surface area (Å²) in [7, 11) is 1.65. The number of pyridine rings is 1. The Bertz CT molecular complexity index is 379. The van der Waals surface area contributed by atoms with Crippen LogP contribution in [-0.4, -0.2) is 42.2 Å². The normalized spacial score (nSPS) is 13.3. The van der Waals surface area contributed by atoms with E-state index in [0.29, 0.717) is 13.1 Å².